The van der Waals surface area contributed by atoms with Crippen LogP contribution in [0.25, 0.3) is 11.1 Å². The van der Waals surface area contributed by atoms with Crippen molar-refractivity contribution >= 4 is 11.7 Å². The van der Waals surface area contributed by atoms with Gasteiger partial charge in [0.15, 0.2) is 0 Å². The monoisotopic (exact) mass is 409 g/mol. The first kappa shape index (κ1) is 19.5. The summed E-state index contributed by atoms with van der Waals surface area (Å²) in [5.41, 5.74) is 1.85. The number of hydrogen-bond acceptors (Lipinski definition) is 5. The lowest BCUT2D eigenvalue weighted by Crippen LogP contribution is -2.50. The number of aliphatic hydroxyl groups is 1. The molecule has 1 aliphatic carbocycles. The minimum atomic E-state index is -0.266. The van der Waals surface area contributed by atoms with Crippen LogP contribution < -0.4 is 4.90 Å². The molecule has 160 valence electrons. The second-order valence-corrected chi connectivity index (χ2v) is 9.32. The molecule has 0 radical (unpaired) electrons. The van der Waals surface area contributed by atoms with Gasteiger partial charge in [-0.1, -0.05) is 0 Å². The summed E-state index contributed by atoms with van der Waals surface area (Å²) in [4.78, 5) is 22.6. The highest BCUT2D eigenvalue weighted by Gasteiger charge is 2.50. The van der Waals surface area contributed by atoms with E-state index in [1.54, 1.807) is 4.68 Å². The average Bonchev–Trinajstić information content (AvgIpc) is 3.33. The summed E-state index contributed by atoms with van der Waals surface area (Å²) in [6.45, 7) is 2.57. The van der Waals surface area contributed by atoms with Gasteiger partial charge in [0, 0.05) is 56.2 Å². The van der Waals surface area contributed by atoms with Crippen LogP contribution in [0, 0.1) is 5.41 Å². The summed E-state index contributed by atoms with van der Waals surface area (Å²) >= 11 is 0. The number of amides is 1. The van der Waals surface area contributed by atoms with E-state index in [0.29, 0.717) is 11.9 Å². The van der Waals surface area contributed by atoms with Crippen LogP contribution in [0.3, 0.4) is 0 Å². The molecular weight excluding hydrogens is 378 g/mol. The summed E-state index contributed by atoms with van der Waals surface area (Å²) < 4.78 is 1.79. The maximum atomic E-state index is 13.5. The molecule has 30 heavy (non-hydrogen) atoms. The highest BCUT2D eigenvalue weighted by atomic mass is 16.3. The Morgan fingerprint density at radius 1 is 1.07 bits per heavy atom. The SMILES string of the molecule is Cn1cc(-c2ccc(N3CCC[C@@]4(CCN([C@H]5CC[C@H](O)CC5)C4=O)C3)nc2)cn1. The number of aromatic nitrogens is 3. The molecule has 3 fully saturated rings. The van der Waals surface area contributed by atoms with Crippen molar-refractivity contribution in [1.29, 1.82) is 0 Å². The van der Waals surface area contributed by atoms with Crippen molar-refractivity contribution in [3.63, 3.8) is 0 Å². The van der Waals surface area contributed by atoms with Gasteiger partial charge in [0.2, 0.25) is 5.91 Å². The fourth-order valence-corrected chi connectivity index (χ4v) is 5.59. The van der Waals surface area contributed by atoms with Crippen LogP contribution in [0.4, 0.5) is 5.82 Å². The van der Waals surface area contributed by atoms with Gasteiger partial charge >= 0.3 is 0 Å². The summed E-state index contributed by atoms with van der Waals surface area (Å²) in [7, 11) is 1.91. The standard InChI is InChI=1S/C23H31N5O2/c1-26-15-18(14-25-26)17-3-8-21(24-13-17)27-11-2-9-23(16-27)10-12-28(22(23)30)19-4-6-20(29)7-5-19/h3,8,13-15,19-20,29H,2,4-7,9-12,16H2,1H3/t19-,20-,23-/m1/s1. The van der Waals surface area contributed by atoms with E-state index in [0.717, 1.165) is 81.5 Å². The zero-order chi connectivity index (χ0) is 20.7. The number of hydrogen-bond donors (Lipinski definition) is 1. The Balaban J connectivity index is 1.29. The third kappa shape index (κ3) is 3.49. The first-order valence-electron chi connectivity index (χ1n) is 11.2. The number of anilines is 1. The minimum absolute atomic E-state index is 0.182. The van der Waals surface area contributed by atoms with Crippen molar-refractivity contribution in [2.45, 2.75) is 57.1 Å². The fraction of sp³-hybridized carbons (Fsp3) is 0.609. The second kappa shape index (κ2) is 7.69. The van der Waals surface area contributed by atoms with Gasteiger partial charge in [0.05, 0.1) is 17.7 Å². The summed E-state index contributed by atoms with van der Waals surface area (Å²) in [6.07, 6.45) is 12.0. The van der Waals surface area contributed by atoms with Crippen molar-refractivity contribution in [1.82, 2.24) is 19.7 Å². The van der Waals surface area contributed by atoms with Gasteiger partial charge in [-0.3, -0.25) is 9.48 Å². The van der Waals surface area contributed by atoms with Crippen molar-refractivity contribution in [3.05, 3.63) is 30.7 Å². The molecule has 7 nitrogen and oxygen atoms in total. The Morgan fingerprint density at radius 3 is 2.60 bits per heavy atom. The van der Waals surface area contributed by atoms with Gasteiger partial charge in [0.25, 0.3) is 0 Å². The number of aliphatic hydroxyl groups excluding tert-OH is 1. The lowest BCUT2D eigenvalue weighted by Gasteiger charge is -2.41. The molecule has 7 heteroatoms. The van der Waals surface area contributed by atoms with E-state index in [2.05, 4.69) is 27.0 Å². The van der Waals surface area contributed by atoms with Crippen molar-refractivity contribution in [2.24, 2.45) is 12.5 Å². The molecule has 4 heterocycles. The molecule has 0 bridgehead atoms. The van der Waals surface area contributed by atoms with Crippen LogP contribution in [0.2, 0.25) is 0 Å². The van der Waals surface area contributed by atoms with Crippen LogP contribution in [0.1, 0.15) is 44.9 Å². The Labute approximate surface area is 177 Å². The van der Waals surface area contributed by atoms with Crippen LogP contribution in [0.5, 0.6) is 0 Å². The fourth-order valence-electron chi connectivity index (χ4n) is 5.59. The number of piperidine rings is 1. The Morgan fingerprint density at radius 2 is 1.90 bits per heavy atom. The molecule has 1 N–H and O–H groups in total. The van der Waals surface area contributed by atoms with E-state index in [1.165, 1.54) is 0 Å². The van der Waals surface area contributed by atoms with Crippen molar-refractivity contribution < 1.29 is 9.90 Å². The summed E-state index contributed by atoms with van der Waals surface area (Å²) in [5.74, 6) is 1.29. The number of carbonyl (C=O) groups is 1. The molecule has 2 aromatic heterocycles. The van der Waals surface area contributed by atoms with E-state index < -0.39 is 0 Å². The van der Waals surface area contributed by atoms with Crippen LogP contribution in [-0.4, -0.2) is 62.5 Å². The predicted molar refractivity (Wildman–Crippen MR) is 115 cm³/mol. The lowest BCUT2D eigenvalue weighted by molar-refractivity contribution is -0.139. The van der Waals surface area contributed by atoms with E-state index in [4.69, 9.17) is 4.98 Å². The topological polar surface area (TPSA) is 74.5 Å². The summed E-state index contributed by atoms with van der Waals surface area (Å²) in [6, 6.07) is 4.48. The van der Waals surface area contributed by atoms with E-state index >= 15 is 0 Å². The number of likely N-dealkylation sites (tertiary alicyclic amines) is 1. The second-order valence-electron chi connectivity index (χ2n) is 9.32. The highest BCUT2D eigenvalue weighted by Crippen LogP contribution is 2.43. The van der Waals surface area contributed by atoms with Crippen LogP contribution in [-0.2, 0) is 11.8 Å². The molecule has 1 saturated carbocycles. The van der Waals surface area contributed by atoms with Crippen molar-refractivity contribution in [2.75, 3.05) is 24.5 Å². The Kier molecular flexibility index (Phi) is 5.01. The molecule has 5 rings (SSSR count). The third-order valence-electron chi connectivity index (χ3n) is 7.34. The number of pyridine rings is 1. The average molecular weight is 410 g/mol. The first-order chi connectivity index (χ1) is 14.5. The molecule has 1 amide bonds. The van der Waals surface area contributed by atoms with Gasteiger partial charge in [-0.15, -0.1) is 0 Å². The number of rotatable bonds is 3. The molecule has 2 aliphatic heterocycles. The minimum Gasteiger partial charge on any atom is -0.393 e. The highest BCUT2D eigenvalue weighted by molar-refractivity contribution is 5.86. The number of nitrogens with zero attached hydrogens (tertiary/aromatic N) is 5. The third-order valence-corrected chi connectivity index (χ3v) is 7.34. The molecule has 3 aliphatic rings. The first-order valence-corrected chi connectivity index (χ1v) is 11.2. The molecule has 0 aromatic carbocycles. The Hall–Kier alpha value is -2.41. The normalized spacial score (nSPS) is 29.7. The molecule has 2 saturated heterocycles. The van der Waals surface area contributed by atoms with Gasteiger partial charge in [-0.05, 0) is 57.1 Å². The molecule has 1 spiro atoms. The molecule has 1 atom stereocenters. The zero-order valence-electron chi connectivity index (χ0n) is 17.7. The quantitative estimate of drug-likeness (QED) is 0.844. The van der Waals surface area contributed by atoms with Gasteiger partial charge < -0.3 is 14.9 Å². The van der Waals surface area contributed by atoms with Crippen LogP contribution >= 0.6 is 0 Å². The lowest BCUT2D eigenvalue weighted by atomic mass is 9.78. The van der Waals surface area contributed by atoms with E-state index in [-0.39, 0.29) is 11.5 Å². The Bertz CT molecular complexity index is 903. The molecule has 0 unspecified atom stereocenters. The number of carbonyl (C=O) groups excluding carboxylic acids is 1. The zero-order valence-corrected chi connectivity index (χ0v) is 17.7. The van der Waals surface area contributed by atoms with Gasteiger partial charge in [-0.2, -0.15) is 5.10 Å². The molecule has 2 aromatic rings. The predicted octanol–water partition coefficient (Wildman–Crippen LogP) is 2.60. The van der Waals surface area contributed by atoms with Gasteiger partial charge in [-0.25, -0.2) is 4.98 Å². The smallest absolute Gasteiger partial charge is 0.230 e. The van der Waals surface area contributed by atoms with E-state index in [1.807, 2.05) is 25.6 Å². The van der Waals surface area contributed by atoms with E-state index in [9.17, 15) is 9.90 Å². The summed E-state index contributed by atoms with van der Waals surface area (Å²) in [5, 5.41) is 14.0. The molecular formula is C23H31N5O2. The maximum Gasteiger partial charge on any atom is 0.230 e. The van der Waals surface area contributed by atoms with Crippen molar-refractivity contribution in [3.8, 4) is 11.1 Å². The largest absolute Gasteiger partial charge is 0.393 e. The maximum absolute atomic E-state index is 13.5. The number of aryl methyl sites for hydroxylation is 1. The van der Waals surface area contributed by atoms with Crippen LogP contribution in [0.15, 0.2) is 30.7 Å². The van der Waals surface area contributed by atoms with Gasteiger partial charge in [0.1, 0.15) is 5.82 Å².